The van der Waals surface area contributed by atoms with E-state index in [9.17, 15) is 8.42 Å². The standard InChI is InChI=1S/C12H19O4S2/c1-18(15,16)12-4-2-11(3-5-12)10-17(8-6-13)9-7-14/h2-5,13-14H,6-10H2,1H3/q+1. The topological polar surface area (TPSA) is 74.6 Å². The van der Waals surface area contributed by atoms with Crippen LogP contribution in [0.1, 0.15) is 5.56 Å². The van der Waals surface area contributed by atoms with Gasteiger partial charge in [-0.3, -0.25) is 0 Å². The second-order valence-corrected chi connectivity index (χ2v) is 8.37. The van der Waals surface area contributed by atoms with Crippen LogP contribution in [0, 0.1) is 0 Å². The van der Waals surface area contributed by atoms with Crippen molar-refractivity contribution in [3.63, 3.8) is 0 Å². The molecule has 0 heterocycles. The lowest BCUT2D eigenvalue weighted by Crippen LogP contribution is -2.19. The molecule has 0 radical (unpaired) electrons. The van der Waals surface area contributed by atoms with Crippen LogP contribution in [0.5, 0.6) is 0 Å². The summed E-state index contributed by atoms with van der Waals surface area (Å²) in [7, 11) is -3.20. The summed E-state index contributed by atoms with van der Waals surface area (Å²) in [6, 6.07) is 6.80. The van der Waals surface area contributed by atoms with E-state index in [-0.39, 0.29) is 24.1 Å². The quantitative estimate of drug-likeness (QED) is 0.704. The maximum Gasteiger partial charge on any atom is 0.175 e. The molecule has 0 bridgehead atoms. The third-order valence-electron chi connectivity index (χ3n) is 2.48. The van der Waals surface area contributed by atoms with E-state index in [4.69, 9.17) is 10.2 Å². The number of aliphatic hydroxyl groups is 2. The summed E-state index contributed by atoms with van der Waals surface area (Å²) >= 11 is 0. The van der Waals surface area contributed by atoms with Gasteiger partial charge in [-0.1, -0.05) is 12.1 Å². The molecule has 1 rings (SSSR count). The van der Waals surface area contributed by atoms with Gasteiger partial charge in [0.05, 0.1) is 18.1 Å². The number of benzene rings is 1. The Labute approximate surface area is 111 Å². The highest BCUT2D eigenvalue weighted by Crippen LogP contribution is 2.14. The Morgan fingerprint density at radius 2 is 1.56 bits per heavy atom. The van der Waals surface area contributed by atoms with E-state index in [1.165, 1.54) is 6.26 Å². The van der Waals surface area contributed by atoms with E-state index in [1.54, 1.807) is 24.3 Å². The minimum absolute atomic E-state index is 0.0527. The van der Waals surface area contributed by atoms with E-state index in [0.717, 1.165) is 11.3 Å². The van der Waals surface area contributed by atoms with Crippen LogP contribution in [0.15, 0.2) is 29.2 Å². The molecule has 0 aliphatic heterocycles. The SMILES string of the molecule is CS(=O)(=O)c1ccc(C[S+](CCO)CCO)cc1. The molecule has 0 unspecified atom stereocenters. The van der Waals surface area contributed by atoms with Gasteiger partial charge in [0.1, 0.15) is 17.3 Å². The molecule has 0 amide bonds. The van der Waals surface area contributed by atoms with Crippen molar-refractivity contribution in [1.82, 2.24) is 0 Å². The van der Waals surface area contributed by atoms with Crippen LogP contribution in [0.25, 0.3) is 0 Å². The molecule has 1 aromatic carbocycles. The van der Waals surface area contributed by atoms with Crippen molar-refractivity contribution in [2.24, 2.45) is 0 Å². The largest absolute Gasteiger partial charge is 0.391 e. The van der Waals surface area contributed by atoms with Crippen molar-refractivity contribution < 1.29 is 18.6 Å². The monoisotopic (exact) mass is 291 g/mol. The molecule has 4 nitrogen and oxygen atoms in total. The lowest BCUT2D eigenvalue weighted by atomic mass is 10.2. The fourth-order valence-corrected chi connectivity index (χ4v) is 3.88. The molecule has 0 fully saturated rings. The summed E-state index contributed by atoms with van der Waals surface area (Å²) in [6.07, 6.45) is 1.18. The lowest BCUT2D eigenvalue weighted by molar-refractivity contribution is 0.316. The van der Waals surface area contributed by atoms with Crippen LogP contribution in [0.3, 0.4) is 0 Å². The first-order valence-electron chi connectivity index (χ1n) is 5.62. The summed E-state index contributed by atoms with van der Waals surface area (Å²) < 4.78 is 22.6. The van der Waals surface area contributed by atoms with Gasteiger partial charge in [-0.2, -0.15) is 0 Å². The molecule has 0 aliphatic rings. The van der Waals surface area contributed by atoms with E-state index < -0.39 is 9.84 Å². The smallest absolute Gasteiger partial charge is 0.175 e. The van der Waals surface area contributed by atoms with Crippen LogP contribution < -0.4 is 0 Å². The van der Waals surface area contributed by atoms with Crippen molar-refractivity contribution in [1.29, 1.82) is 0 Å². The molecule has 0 spiro atoms. The number of aliphatic hydroxyl groups excluding tert-OH is 2. The Morgan fingerprint density at radius 1 is 1.06 bits per heavy atom. The van der Waals surface area contributed by atoms with Gasteiger partial charge in [0, 0.05) is 11.8 Å². The zero-order chi connectivity index (χ0) is 13.6. The molecule has 0 aliphatic carbocycles. The number of rotatable bonds is 7. The predicted molar refractivity (Wildman–Crippen MR) is 74.5 cm³/mol. The van der Waals surface area contributed by atoms with Crippen molar-refractivity contribution in [2.75, 3.05) is 31.0 Å². The number of hydrogen-bond donors (Lipinski definition) is 2. The van der Waals surface area contributed by atoms with Gasteiger partial charge in [0.15, 0.2) is 9.84 Å². The summed E-state index contributed by atoms with van der Waals surface area (Å²) in [5, 5.41) is 17.9. The Kier molecular flexibility index (Phi) is 6.14. The van der Waals surface area contributed by atoms with E-state index in [0.29, 0.717) is 16.4 Å². The molecule has 0 saturated heterocycles. The maximum atomic E-state index is 11.3. The average molecular weight is 291 g/mol. The Hall–Kier alpha value is -0.560. The summed E-state index contributed by atoms with van der Waals surface area (Å²) in [5.41, 5.74) is 1.03. The van der Waals surface area contributed by atoms with Crippen molar-refractivity contribution >= 4 is 20.7 Å². The van der Waals surface area contributed by atoms with Gasteiger partial charge in [-0.15, -0.1) is 0 Å². The van der Waals surface area contributed by atoms with Gasteiger partial charge in [0.25, 0.3) is 0 Å². The highest BCUT2D eigenvalue weighted by atomic mass is 32.2. The van der Waals surface area contributed by atoms with Crippen LogP contribution in [-0.4, -0.2) is 49.6 Å². The molecule has 18 heavy (non-hydrogen) atoms. The normalized spacial score (nSPS) is 12.0. The first-order valence-corrected chi connectivity index (χ1v) is 9.24. The molecule has 0 aromatic heterocycles. The minimum Gasteiger partial charge on any atom is -0.391 e. The maximum absolute atomic E-state index is 11.3. The van der Waals surface area contributed by atoms with Crippen LogP contribution in [0.2, 0.25) is 0 Å². The van der Waals surface area contributed by atoms with E-state index >= 15 is 0 Å². The summed E-state index contributed by atoms with van der Waals surface area (Å²) in [6.45, 7) is 0.231. The van der Waals surface area contributed by atoms with Crippen molar-refractivity contribution in [3.05, 3.63) is 29.8 Å². The van der Waals surface area contributed by atoms with Crippen molar-refractivity contribution in [3.8, 4) is 0 Å². The molecule has 6 heteroatoms. The van der Waals surface area contributed by atoms with Gasteiger partial charge in [0.2, 0.25) is 0 Å². The fourth-order valence-electron chi connectivity index (χ4n) is 1.57. The zero-order valence-electron chi connectivity index (χ0n) is 10.4. The van der Waals surface area contributed by atoms with Crippen LogP contribution in [-0.2, 0) is 26.5 Å². The molecule has 2 N–H and O–H groups in total. The fraction of sp³-hybridized carbons (Fsp3) is 0.500. The molecule has 0 saturated carbocycles. The molecular weight excluding hydrogens is 272 g/mol. The van der Waals surface area contributed by atoms with E-state index in [1.807, 2.05) is 0 Å². The minimum atomic E-state index is -3.15. The third kappa shape index (κ3) is 4.97. The zero-order valence-corrected chi connectivity index (χ0v) is 12.0. The Bertz CT molecular complexity index is 447. The number of hydrogen-bond acceptors (Lipinski definition) is 4. The van der Waals surface area contributed by atoms with Crippen LogP contribution in [0.4, 0.5) is 0 Å². The molecule has 0 atom stereocenters. The second kappa shape index (κ2) is 7.13. The first-order chi connectivity index (χ1) is 8.47. The molecule has 102 valence electrons. The Balaban J connectivity index is 2.73. The van der Waals surface area contributed by atoms with Gasteiger partial charge in [-0.05, 0) is 23.0 Å². The lowest BCUT2D eigenvalue weighted by Gasteiger charge is -2.07. The molecular formula is C12H19O4S2+. The summed E-state index contributed by atoms with van der Waals surface area (Å²) in [5.74, 6) is 2.12. The van der Waals surface area contributed by atoms with Crippen molar-refractivity contribution in [2.45, 2.75) is 10.6 Å². The first kappa shape index (κ1) is 15.5. The second-order valence-electron chi connectivity index (χ2n) is 4.03. The van der Waals surface area contributed by atoms with Crippen LogP contribution >= 0.6 is 0 Å². The highest BCUT2D eigenvalue weighted by Gasteiger charge is 2.17. The number of sulfone groups is 1. The average Bonchev–Trinajstić information content (AvgIpc) is 2.29. The Morgan fingerprint density at radius 3 is 1.94 bits per heavy atom. The predicted octanol–water partition coefficient (Wildman–Crippen LogP) is 0.193. The van der Waals surface area contributed by atoms with E-state index in [2.05, 4.69) is 0 Å². The third-order valence-corrected chi connectivity index (χ3v) is 5.87. The summed E-state index contributed by atoms with van der Waals surface area (Å²) in [4.78, 5) is 0.315. The molecule has 1 aromatic rings. The van der Waals surface area contributed by atoms with Gasteiger partial charge >= 0.3 is 0 Å². The highest BCUT2D eigenvalue weighted by molar-refractivity contribution is 7.96. The van der Waals surface area contributed by atoms with Gasteiger partial charge < -0.3 is 10.2 Å². The van der Waals surface area contributed by atoms with Gasteiger partial charge in [-0.25, -0.2) is 8.42 Å².